The maximum atomic E-state index is 13.2. The highest BCUT2D eigenvalue weighted by Gasteiger charge is 2.26. The Labute approximate surface area is 166 Å². The van der Waals surface area contributed by atoms with Gasteiger partial charge in [0.1, 0.15) is 11.9 Å². The predicted octanol–water partition coefficient (Wildman–Crippen LogP) is 3.19. The molecule has 2 rings (SSSR count). The van der Waals surface area contributed by atoms with Crippen molar-refractivity contribution in [3.63, 3.8) is 0 Å². The maximum absolute atomic E-state index is 13.2. The number of sulfonamides is 1. The summed E-state index contributed by atoms with van der Waals surface area (Å²) in [6.07, 6.45) is 0.833. The summed E-state index contributed by atoms with van der Waals surface area (Å²) in [6, 6.07) is 11.8. The Morgan fingerprint density at radius 1 is 1.11 bits per heavy atom. The van der Waals surface area contributed by atoms with Gasteiger partial charge in [0.25, 0.3) is 0 Å². The third-order valence-corrected chi connectivity index (χ3v) is 5.74. The minimum atomic E-state index is -3.81. The first kappa shape index (κ1) is 22.0. The van der Waals surface area contributed by atoms with Crippen LogP contribution in [0.5, 0.6) is 0 Å². The van der Waals surface area contributed by atoms with Crippen LogP contribution in [0.1, 0.15) is 31.4 Å². The molecule has 0 saturated heterocycles. The predicted molar refractivity (Wildman–Crippen MR) is 108 cm³/mol. The number of amides is 1. The Kier molecular flexibility index (Phi) is 7.71. The first-order valence-electron chi connectivity index (χ1n) is 9.28. The maximum Gasteiger partial charge on any atom is 0.241 e. The molecule has 1 amide bonds. The van der Waals surface area contributed by atoms with E-state index in [2.05, 4.69) is 10.0 Å². The molecule has 2 aromatic carbocycles. The molecule has 0 spiro atoms. The summed E-state index contributed by atoms with van der Waals surface area (Å²) in [4.78, 5) is 12.7. The lowest BCUT2D eigenvalue weighted by atomic mass is 10.0. The molecule has 0 aromatic heterocycles. The van der Waals surface area contributed by atoms with Gasteiger partial charge in [0, 0.05) is 6.54 Å². The minimum Gasteiger partial charge on any atom is -0.354 e. The monoisotopic (exact) mass is 406 g/mol. The first-order valence-corrected chi connectivity index (χ1v) is 10.8. The van der Waals surface area contributed by atoms with Crippen molar-refractivity contribution in [1.82, 2.24) is 10.0 Å². The van der Waals surface area contributed by atoms with Crippen molar-refractivity contribution in [2.75, 3.05) is 6.54 Å². The van der Waals surface area contributed by atoms with Crippen LogP contribution < -0.4 is 10.0 Å². The highest BCUT2D eigenvalue weighted by molar-refractivity contribution is 7.89. The smallest absolute Gasteiger partial charge is 0.241 e. The van der Waals surface area contributed by atoms with Crippen LogP contribution in [0.4, 0.5) is 4.39 Å². The molecule has 5 nitrogen and oxygen atoms in total. The molecule has 0 heterocycles. The van der Waals surface area contributed by atoms with Crippen LogP contribution in [0.25, 0.3) is 0 Å². The van der Waals surface area contributed by atoms with Gasteiger partial charge in [-0.25, -0.2) is 12.8 Å². The lowest BCUT2D eigenvalue weighted by Gasteiger charge is -2.20. The van der Waals surface area contributed by atoms with Gasteiger partial charge in [-0.05, 0) is 55.5 Å². The molecule has 0 bridgehead atoms. The zero-order chi connectivity index (χ0) is 20.7. The van der Waals surface area contributed by atoms with Crippen LogP contribution in [0.3, 0.4) is 0 Å². The topological polar surface area (TPSA) is 75.3 Å². The summed E-state index contributed by atoms with van der Waals surface area (Å²) < 4.78 is 41.0. The summed E-state index contributed by atoms with van der Waals surface area (Å²) in [5, 5.41) is 2.75. The molecule has 1 atom stereocenters. The zero-order valence-corrected chi connectivity index (χ0v) is 17.2. The summed E-state index contributed by atoms with van der Waals surface area (Å²) >= 11 is 0. The minimum absolute atomic E-state index is 0.124. The standard InChI is InChI=1S/C21H27FN2O3S/c1-15(2)13-20(24-28(26,27)19-9-7-16(3)8-10-19)21(25)23-12-11-17-5-4-6-18(22)14-17/h4-10,14-15,20,24H,11-13H2,1-3H3,(H,23,25). The second-order valence-electron chi connectivity index (χ2n) is 7.29. The molecule has 152 valence electrons. The van der Waals surface area contributed by atoms with Gasteiger partial charge in [-0.1, -0.05) is 43.7 Å². The number of carbonyl (C=O) groups excluding carboxylic acids is 1. The number of carbonyl (C=O) groups is 1. The van der Waals surface area contributed by atoms with E-state index in [-0.39, 0.29) is 22.5 Å². The summed E-state index contributed by atoms with van der Waals surface area (Å²) in [6.45, 7) is 6.01. The van der Waals surface area contributed by atoms with Crippen LogP contribution in [-0.2, 0) is 21.2 Å². The molecular formula is C21H27FN2O3S. The number of halogens is 1. The highest BCUT2D eigenvalue weighted by atomic mass is 32.2. The van der Waals surface area contributed by atoms with Crippen LogP contribution in [0.2, 0.25) is 0 Å². The average molecular weight is 407 g/mol. The van der Waals surface area contributed by atoms with E-state index in [0.717, 1.165) is 11.1 Å². The van der Waals surface area contributed by atoms with Crippen molar-refractivity contribution in [1.29, 1.82) is 0 Å². The number of hydrogen-bond donors (Lipinski definition) is 2. The Morgan fingerprint density at radius 3 is 2.39 bits per heavy atom. The summed E-state index contributed by atoms with van der Waals surface area (Å²) in [5.41, 5.74) is 1.72. The van der Waals surface area contributed by atoms with E-state index in [1.54, 1.807) is 24.3 Å². The second-order valence-corrected chi connectivity index (χ2v) is 9.00. The van der Waals surface area contributed by atoms with E-state index in [0.29, 0.717) is 19.4 Å². The van der Waals surface area contributed by atoms with Crippen molar-refractivity contribution >= 4 is 15.9 Å². The first-order chi connectivity index (χ1) is 13.2. The number of nitrogens with one attached hydrogen (secondary N) is 2. The van der Waals surface area contributed by atoms with Crippen molar-refractivity contribution < 1.29 is 17.6 Å². The fourth-order valence-electron chi connectivity index (χ4n) is 2.80. The third kappa shape index (κ3) is 6.73. The van der Waals surface area contributed by atoms with E-state index in [1.165, 1.54) is 24.3 Å². The number of hydrogen-bond acceptors (Lipinski definition) is 3. The molecular weight excluding hydrogens is 379 g/mol. The molecule has 7 heteroatoms. The van der Waals surface area contributed by atoms with Gasteiger partial charge < -0.3 is 5.32 Å². The summed E-state index contributed by atoms with van der Waals surface area (Å²) in [5.74, 6) is -0.590. The van der Waals surface area contributed by atoms with Crippen LogP contribution in [0.15, 0.2) is 53.4 Å². The number of benzene rings is 2. The van der Waals surface area contributed by atoms with Gasteiger partial charge in [0.15, 0.2) is 0 Å². The third-order valence-electron chi connectivity index (χ3n) is 4.25. The molecule has 0 aliphatic heterocycles. The molecule has 0 saturated carbocycles. The summed E-state index contributed by atoms with van der Waals surface area (Å²) in [7, 11) is -3.81. The molecule has 1 unspecified atom stereocenters. The Bertz CT molecular complexity index is 896. The largest absolute Gasteiger partial charge is 0.354 e. The van der Waals surface area contributed by atoms with E-state index < -0.39 is 16.1 Å². The molecule has 0 fully saturated rings. The molecule has 2 N–H and O–H groups in total. The normalized spacial score (nSPS) is 12.8. The fourth-order valence-corrected chi connectivity index (χ4v) is 4.01. The zero-order valence-electron chi connectivity index (χ0n) is 16.4. The van der Waals surface area contributed by atoms with Gasteiger partial charge >= 0.3 is 0 Å². The van der Waals surface area contributed by atoms with Gasteiger partial charge in [-0.15, -0.1) is 0 Å². The lowest BCUT2D eigenvalue weighted by molar-refractivity contribution is -0.123. The van der Waals surface area contributed by atoms with Crippen molar-refractivity contribution in [3.05, 3.63) is 65.5 Å². The van der Waals surface area contributed by atoms with Crippen LogP contribution in [0, 0.1) is 18.7 Å². The number of aryl methyl sites for hydroxylation is 1. The Hall–Kier alpha value is -2.25. The van der Waals surface area contributed by atoms with E-state index in [4.69, 9.17) is 0 Å². The quantitative estimate of drug-likeness (QED) is 0.672. The van der Waals surface area contributed by atoms with Crippen molar-refractivity contribution in [2.24, 2.45) is 5.92 Å². The van der Waals surface area contributed by atoms with Crippen LogP contribution in [-0.4, -0.2) is 26.9 Å². The average Bonchev–Trinajstić information content (AvgIpc) is 2.61. The Morgan fingerprint density at radius 2 is 1.79 bits per heavy atom. The fraction of sp³-hybridized carbons (Fsp3) is 0.381. The van der Waals surface area contributed by atoms with E-state index in [9.17, 15) is 17.6 Å². The van der Waals surface area contributed by atoms with E-state index >= 15 is 0 Å². The second kappa shape index (κ2) is 9.80. The molecule has 28 heavy (non-hydrogen) atoms. The SMILES string of the molecule is Cc1ccc(S(=O)(=O)NC(CC(C)C)C(=O)NCCc2cccc(F)c2)cc1. The van der Waals surface area contributed by atoms with Gasteiger partial charge in [-0.2, -0.15) is 4.72 Å². The number of rotatable bonds is 9. The van der Waals surface area contributed by atoms with Crippen molar-refractivity contribution in [3.8, 4) is 0 Å². The Balaban J connectivity index is 2.03. The molecule has 0 radical (unpaired) electrons. The van der Waals surface area contributed by atoms with Crippen LogP contribution >= 0.6 is 0 Å². The van der Waals surface area contributed by atoms with Gasteiger partial charge in [0.2, 0.25) is 15.9 Å². The molecule has 0 aliphatic carbocycles. The van der Waals surface area contributed by atoms with Gasteiger partial charge in [0.05, 0.1) is 4.90 Å². The molecule has 0 aliphatic rings. The highest BCUT2D eigenvalue weighted by Crippen LogP contribution is 2.13. The lowest BCUT2D eigenvalue weighted by Crippen LogP contribution is -2.47. The van der Waals surface area contributed by atoms with Gasteiger partial charge in [-0.3, -0.25) is 4.79 Å². The molecule has 2 aromatic rings. The van der Waals surface area contributed by atoms with E-state index in [1.807, 2.05) is 20.8 Å². The van der Waals surface area contributed by atoms with Crippen molar-refractivity contribution in [2.45, 2.75) is 44.6 Å².